The standard InChI is InChI=1S/C11H18N2O/c1-14-9-4-2-3-6-10-7-5-8-13-11(10)12/h5,7-8H,2-4,6,9H2,1H3,(H2,12,13). The van der Waals surface area contributed by atoms with E-state index in [1.54, 1.807) is 13.3 Å². The summed E-state index contributed by atoms with van der Waals surface area (Å²) in [6.45, 7) is 0.850. The Hall–Kier alpha value is -1.09. The maximum absolute atomic E-state index is 5.73. The summed E-state index contributed by atoms with van der Waals surface area (Å²) in [4.78, 5) is 4.05. The molecule has 3 heteroatoms. The van der Waals surface area contributed by atoms with Gasteiger partial charge in [-0.05, 0) is 30.9 Å². The van der Waals surface area contributed by atoms with E-state index in [4.69, 9.17) is 10.5 Å². The molecule has 0 atom stereocenters. The third-order valence-corrected chi connectivity index (χ3v) is 2.22. The van der Waals surface area contributed by atoms with Crippen LogP contribution in [0, 0.1) is 0 Å². The Morgan fingerprint density at radius 3 is 2.93 bits per heavy atom. The first-order chi connectivity index (χ1) is 6.84. The van der Waals surface area contributed by atoms with Crippen LogP contribution in [0.4, 0.5) is 5.82 Å². The van der Waals surface area contributed by atoms with Crippen LogP contribution in [0.2, 0.25) is 0 Å². The molecule has 14 heavy (non-hydrogen) atoms. The summed E-state index contributed by atoms with van der Waals surface area (Å²) >= 11 is 0. The molecule has 0 radical (unpaired) electrons. The lowest BCUT2D eigenvalue weighted by Gasteiger charge is -2.03. The summed E-state index contributed by atoms with van der Waals surface area (Å²) in [5, 5.41) is 0. The number of nitrogen functional groups attached to an aromatic ring is 1. The van der Waals surface area contributed by atoms with Gasteiger partial charge in [-0.1, -0.05) is 12.5 Å². The van der Waals surface area contributed by atoms with E-state index in [-0.39, 0.29) is 0 Å². The summed E-state index contributed by atoms with van der Waals surface area (Å²) in [6, 6.07) is 3.97. The van der Waals surface area contributed by atoms with Crippen LogP contribution in [0.1, 0.15) is 24.8 Å². The number of aromatic nitrogens is 1. The molecule has 0 aromatic carbocycles. The molecule has 0 aliphatic heterocycles. The molecule has 0 amide bonds. The van der Waals surface area contributed by atoms with Gasteiger partial charge in [0.2, 0.25) is 0 Å². The van der Waals surface area contributed by atoms with Gasteiger partial charge in [0, 0.05) is 19.9 Å². The number of hydrogen-bond donors (Lipinski definition) is 1. The van der Waals surface area contributed by atoms with Crippen LogP contribution < -0.4 is 5.73 Å². The number of anilines is 1. The summed E-state index contributed by atoms with van der Waals surface area (Å²) < 4.78 is 4.98. The molecule has 0 bridgehead atoms. The SMILES string of the molecule is COCCCCCc1cccnc1N. The number of nitrogens with zero attached hydrogens (tertiary/aromatic N) is 1. The molecule has 0 saturated carbocycles. The highest BCUT2D eigenvalue weighted by molar-refractivity contribution is 5.38. The van der Waals surface area contributed by atoms with Gasteiger partial charge in [-0.3, -0.25) is 0 Å². The van der Waals surface area contributed by atoms with Gasteiger partial charge in [0.25, 0.3) is 0 Å². The lowest BCUT2D eigenvalue weighted by atomic mass is 10.1. The van der Waals surface area contributed by atoms with Gasteiger partial charge in [0.05, 0.1) is 0 Å². The number of methoxy groups -OCH3 is 1. The van der Waals surface area contributed by atoms with Crippen LogP contribution in [-0.4, -0.2) is 18.7 Å². The summed E-state index contributed by atoms with van der Waals surface area (Å²) in [5.41, 5.74) is 6.88. The Balaban J connectivity index is 2.21. The van der Waals surface area contributed by atoms with Crippen LogP contribution in [0.15, 0.2) is 18.3 Å². The van der Waals surface area contributed by atoms with Crippen molar-refractivity contribution in [3.05, 3.63) is 23.9 Å². The van der Waals surface area contributed by atoms with Crippen molar-refractivity contribution in [2.45, 2.75) is 25.7 Å². The highest BCUT2D eigenvalue weighted by Gasteiger charge is 1.98. The number of unbranched alkanes of at least 4 members (excludes halogenated alkanes) is 2. The van der Waals surface area contributed by atoms with Crippen molar-refractivity contribution >= 4 is 5.82 Å². The first kappa shape index (κ1) is 11.0. The molecule has 1 aromatic heterocycles. The molecular weight excluding hydrogens is 176 g/mol. The Morgan fingerprint density at radius 1 is 1.36 bits per heavy atom. The fraction of sp³-hybridized carbons (Fsp3) is 0.545. The van der Waals surface area contributed by atoms with Gasteiger partial charge in [-0.2, -0.15) is 0 Å². The molecule has 78 valence electrons. The topological polar surface area (TPSA) is 48.1 Å². The van der Waals surface area contributed by atoms with Gasteiger partial charge >= 0.3 is 0 Å². The van der Waals surface area contributed by atoms with Crippen molar-refractivity contribution in [3.63, 3.8) is 0 Å². The van der Waals surface area contributed by atoms with Crippen LogP contribution >= 0.6 is 0 Å². The van der Waals surface area contributed by atoms with Crippen LogP contribution in [0.25, 0.3) is 0 Å². The molecule has 1 heterocycles. The summed E-state index contributed by atoms with van der Waals surface area (Å²) in [5.74, 6) is 0.666. The van der Waals surface area contributed by atoms with E-state index in [1.807, 2.05) is 12.1 Å². The Kier molecular flexibility index (Phi) is 5.00. The predicted molar refractivity (Wildman–Crippen MR) is 58.1 cm³/mol. The molecule has 0 fully saturated rings. The van der Waals surface area contributed by atoms with Crippen LogP contribution in [-0.2, 0) is 11.2 Å². The van der Waals surface area contributed by atoms with E-state index in [0.29, 0.717) is 5.82 Å². The van der Waals surface area contributed by atoms with Crippen molar-refractivity contribution in [1.29, 1.82) is 0 Å². The van der Waals surface area contributed by atoms with E-state index in [9.17, 15) is 0 Å². The molecule has 3 nitrogen and oxygen atoms in total. The van der Waals surface area contributed by atoms with Crippen LogP contribution in [0.3, 0.4) is 0 Å². The molecular formula is C11H18N2O. The largest absolute Gasteiger partial charge is 0.385 e. The lowest BCUT2D eigenvalue weighted by molar-refractivity contribution is 0.192. The Bertz CT molecular complexity index is 263. The minimum absolute atomic E-state index is 0.666. The van der Waals surface area contributed by atoms with Crippen molar-refractivity contribution < 1.29 is 4.74 Å². The Labute approximate surface area is 85.3 Å². The molecule has 0 unspecified atom stereocenters. The fourth-order valence-corrected chi connectivity index (χ4v) is 1.40. The first-order valence-electron chi connectivity index (χ1n) is 5.03. The van der Waals surface area contributed by atoms with Gasteiger partial charge in [-0.15, -0.1) is 0 Å². The fourth-order valence-electron chi connectivity index (χ4n) is 1.40. The number of ether oxygens (including phenoxy) is 1. The number of hydrogen-bond acceptors (Lipinski definition) is 3. The zero-order valence-corrected chi connectivity index (χ0v) is 8.70. The average Bonchev–Trinajstić information content (AvgIpc) is 2.20. The zero-order valence-electron chi connectivity index (χ0n) is 8.70. The van der Waals surface area contributed by atoms with E-state index in [0.717, 1.165) is 31.4 Å². The molecule has 0 aliphatic carbocycles. The minimum Gasteiger partial charge on any atom is -0.385 e. The third kappa shape index (κ3) is 3.75. The van der Waals surface area contributed by atoms with E-state index in [1.165, 1.54) is 6.42 Å². The lowest BCUT2D eigenvalue weighted by Crippen LogP contribution is -1.97. The average molecular weight is 194 g/mol. The normalized spacial score (nSPS) is 10.4. The van der Waals surface area contributed by atoms with E-state index < -0.39 is 0 Å². The van der Waals surface area contributed by atoms with Crippen molar-refractivity contribution in [1.82, 2.24) is 4.98 Å². The number of pyridine rings is 1. The number of nitrogens with two attached hydrogens (primary N) is 1. The second kappa shape index (κ2) is 6.38. The highest BCUT2D eigenvalue weighted by Crippen LogP contribution is 2.11. The Morgan fingerprint density at radius 2 is 2.21 bits per heavy atom. The monoisotopic (exact) mass is 194 g/mol. The third-order valence-electron chi connectivity index (χ3n) is 2.22. The summed E-state index contributed by atoms with van der Waals surface area (Å²) in [7, 11) is 1.74. The maximum atomic E-state index is 5.73. The maximum Gasteiger partial charge on any atom is 0.126 e. The van der Waals surface area contributed by atoms with Crippen molar-refractivity contribution in [3.8, 4) is 0 Å². The molecule has 0 saturated heterocycles. The summed E-state index contributed by atoms with van der Waals surface area (Å²) in [6.07, 6.45) is 6.20. The molecule has 2 N–H and O–H groups in total. The second-order valence-electron chi connectivity index (χ2n) is 3.35. The van der Waals surface area contributed by atoms with Crippen LogP contribution in [0.5, 0.6) is 0 Å². The van der Waals surface area contributed by atoms with Crippen molar-refractivity contribution in [2.24, 2.45) is 0 Å². The van der Waals surface area contributed by atoms with E-state index >= 15 is 0 Å². The van der Waals surface area contributed by atoms with Gasteiger partial charge < -0.3 is 10.5 Å². The quantitative estimate of drug-likeness (QED) is 0.705. The zero-order chi connectivity index (χ0) is 10.2. The molecule has 0 spiro atoms. The smallest absolute Gasteiger partial charge is 0.126 e. The molecule has 1 rings (SSSR count). The van der Waals surface area contributed by atoms with Gasteiger partial charge in [0.15, 0.2) is 0 Å². The second-order valence-corrected chi connectivity index (χ2v) is 3.35. The predicted octanol–water partition coefficient (Wildman–Crippen LogP) is 2.02. The minimum atomic E-state index is 0.666. The number of aryl methyl sites for hydroxylation is 1. The van der Waals surface area contributed by atoms with Gasteiger partial charge in [-0.25, -0.2) is 4.98 Å². The molecule has 1 aromatic rings. The number of rotatable bonds is 6. The van der Waals surface area contributed by atoms with Gasteiger partial charge in [0.1, 0.15) is 5.82 Å². The first-order valence-corrected chi connectivity index (χ1v) is 5.03. The van der Waals surface area contributed by atoms with Crippen molar-refractivity contribution in [2.75, 3.05) is 19.5 Å². The highest BCUT2D eigenvalue weighted by atomic mass is 16.5. The molecule has 0 aliphatic rings. The van der Waals surface area contributed by atoms with E-state index in [2.05, 4.69) is 4.98 Å².